The van der Waals surface area contributed by atoms with Gasteiger partial charge >= 0.3 is 12.4 Å². The van der Waals surface area contributed by atoms with Gasteiger partial charge in [-0.3, -0.25) is 9.59 Å². The van der Waals surface area contributed by atoms with Crippen molar-refractivity contribution in [3.05, 3.63) is 63.6 Å². The Labute approximate surface area is 142 Å². The van der Waals surface area contributed by atoms with Crippen LogP contribution < -0.4 is 10.9 Å². The number of alkyl halides is 6. The van der Waals surface area contributed by atoms with Gasteiger partial charge in [0.05, 0.1) is 17.7 Å². The monoisotopic (exact) mass is 379 g/mol. The topological polar surface area (TPSA) is 64.0 Å². The molecule has 1 heterocycles. The van der Waals surface area contributed by atoms with E-state index >= 15 is 0 Å². The molecule has 0 aliphatic carbocycles. The van der Waals surface area contributed by atoms with Gasteiger partial charge in [0.15, 0.2) is 0 Å². The molecule has 0 spiro atoms. The van der Waals surface area contributed by atoms with E-state index in [1.807, 2.05) is 0 Å². The molecule has 0 bridgehead atoms. The van der Waals surface area contributed by atoms with Crippen LogP contribution in [-0.2, 0) is 18.9 Å². The Bertz CT molecular complexity index is 825. The van der Waals surface area contributed by atoms with Gasteiger partial charge in [-0.25, -0.2) is 4.68 Å². The normalized spacial score (nSPS) is 12.1. The zero-order chi connectivity index (χ0) is 19.5. The molecule has 1 amide bonds. The number of nitrogens with zero attached hydrogens (tertiary/aromatic N) is 2. The summed E-state index contributed by atoms with van der Waals surface area (Å²) < 4.78 is 77.6. The maximum Gasteiger partial charge on any atom is 0.416 e. The molecule has 1 aromatic heterocycles. The van der Waals surface area contributed by atoms with Crippen LogP contribution in [-0.4, -0.2) is 22.2 Å². The van der Waals surface area contributed by atoms with Gasteiger partial charge in [-0.2, -0.15) is 31.4 Å². The van der Waals surface area contributed by atoms with Crippen molar-refractivity contribution in [1.82, 2.24) is 15.1 Å². The second kappa shape index (κ2) is 7.18. The number of benzene rings is 1. The number of nitrogens with one attached hydrogen (secondary N) is 1. The SMILES string of the molecule is O=C(NCCn1ncccc1=O)c1cc(C(F)(F)F)cc(C(F)(F)F)c1. The first-order valence-corrected chi connectivity index (χ1v) is 7.08. The van der Waals surface area contributed by atoms with Crippen molar-refractivity contribution in [3.63, 3.8) is 0 Å². The van der Waals surface area contributed by atoms with Crippen LogP contribution >= 0.6 is 0 Å². The summed E-state index contributed by atoms with van der Waals surface area (Å²) in [5, 5.41) is 5.85. The van der Waals surface area contributed by atoms with E-state index in [2.05, 4.69) is 10.4 Å². The van der Waals surface area contributed by atoms with Crippen molar-refractivity contribution in [3.8, 4) is 0 Å². The lowest BCUT2D eigenvalue weighted by Gasteiger charge is -2.14. The minimum absolute atomic E-state index is 0.0653. The average Bonchev–Trinajstić information content (AvgIpc) is 2.54. The molecule has 0 saturated heterocycles. The van der Waals surface area contributed by atoms with Crippen molar-refractivity contribution < 1.29 is 31.1 Å². The minimum Gasteiger partial charge on any atom is -0.350 e. The molecule has 0 unspecified atom stereocenters. The predicted octanol–water partition coefficient (Wildman–Crippen LogP) is 2.71. The van der Waals surface area contributed by atoms with Crippen molar-refractivity contribution >= 4 is 5.91 Å². The molecule has 26 heavy (non-hydrogen) atoms. The van der Waals surface area contributed by atoms with Crippen molar-refractivity contribution in [1.29, 1.82) is 0 Å². The number of halogens is 6. The molecule has 2 rings (SSSR count). The lowest BCUT2D eigenvalue weighted by atomic mass is 10.0. The molecular formula is C15H11F6N3O2. The highest BCUT2D eigenvalue weighted by molar-refractivity contribution is 5.94. The van der Waals surface area contributed by atoms with Crippen LogP contribution in [0.5, 0.6) is 0 Å². The standard InChI is InChI=1S/C15H11F6N3O2/c16-14(17,18)10-6-9(7-11(8-10)15(19,20)21)13(26)22-4-5-24-12(25)2-1-3-23-24/h1-3,6-8H,4-5H2,(H,22,26). The smallest absolute Gasteiger partial charge is 0.350 e. The number of hydrogen-bond donors (Lipinski definition) is 1. The number of hydrogen-bond acceptors (Lipinski definition) is 3. The molecule has 0 fully saturated rings. The second-order valence-corrected chi connectivity index (χ2v) is 5.14. The molecule has 1 N–H and O–H groups in total. The van der Waals surface area contributed by atoms with Gasteiger partial charge in [-0.1, -0.05) is 0 Å². The van der Waals surface area contributed by atoms with Gasteiger partial charge in [0.25, 0.3) is 11.5 Å². The van der Waals surface area contributed by atoms with E-state index in [1.54, 1.807) is 0 Å². The molecular weight excluding hydrogens is 368 g/mol. The molecule has 1 aromatic carbocycles. The van der Waals surface area contributed by atoms with Crippen LogP contribution in [0.4, 0.5) is 26.3 Å². The summed E-state index contributed by atoms with van der Waals surface area (Å²) in [6, 6.07) is 3.19. The van der Waals surface area contributed by atoms with E-state index in [0.29, 0.717) is 12.1 Å². The van der Waals surface area contributed by atoms with Crippen LogP contribution in [0.1, 0.15) is 21.5 Å². The van der Waals surface area contributed by atoms with Crippen molar-refractivity contribution in [2.24, 2.45) is 0 Å². The molecule has 0 radical (unpaired) electrons. The first kappa shape index (κ1) is 19.5. The highest BCUT2D eigenvalue weighted by atomic mass is 19.4. The van der Waals surface area contributed by atoms with E-state index in [-0.39, 0.29) is 19.2 Å². The van der Waals surface area contributed by atoms with E-state index in [0.717, 1.165) is 4.68 Å². The fraction of sp³-hybridized carbons (Fsp3) is 0.267. The number of carbonyl (C=O) groups is 1. The second-order valence-electron chi connectivity index (χ2n) is 5.14. The van der Waals surface area contributed by atoms with E-state index < -0.39 is 40.5 Å². The fourth-order valence-corrected chi connectivity index (χ4v) is 2.02. The van der Waals surface area contributed by atoms with E-state index in [4.69, 9.17) is 0 Å². The summed E-state index contributed by atoms with van der Waals surface area (Å²) in [6.45, 7) is -0.316. The zero-order valence-electron chi connectivity index (χ0n) is 12.9. The Kier molecular flexibility index (Phi) is 5.38. The Balaban J connectivity index is 2.19. The lowest BCUT2D eigenvalue weighted by Crippen LogP contribution is -2.32. The van der Waals surface area contributed by atoms with Crippen LogP contribution in [0.25, 0.3) is 0 Å². The first-order chi connectivity index (χ1) is 12.0. The summed E-state index contributed by atoms with van der Waals surface area (Å²) in [5.41, 5.74) is -4.43. The lowest BCUT2D eigenvalue weighted by molar-refractivity contribution is -0.143. The van der Waals surface area contributed by atoms with Gasteiger partial charge in [0.1, 0.15) is 0 Å². The molecule has 0 atom stereocenters. The number of aromatic nitrogens is 2. The summed E-state index contributed by atoms with van der Waals surface area (Å²) in [4.78, 5) is 23.3. The van der Waals surface area contributed by atoms with E-state index in [1.165, 1.54) is 18.3 Å². The van der Waals surface area contributed by atoms with Gasteiger partial charge in [-0.05, 0) is 24.3 Å². The minimum atomic E-state index is -5.04. The Morgan fingerprint density at radius 3 is 2.12 bits per heavy atom. The molecule has 11 heteroatoms. The van der Waals surface area contributed by atoms with Gasteiger partial charge in [-0.15, -0.1) is 0 Å². The Morgan fingerprint density at radius 2 is 1.62 bits per heavy atom. The first-order valence-electron chi connectivity index (χ1n) is 7.08. The molecule has 5 nitrogen and oxygen atoms in total. The third-order valence-electron chi connectivity index (χ3n) is 3.24. The Hall–Kier alpha value is -2.85. The van der Waals surface area contributed by atoms with Crippen LogP contribution in [0.3, 0.4) is 0 Å². The third kappa shape index (κ3) is 4.83. The molecule has 140 valence electrons. The molecule has 0 aliphatic rings. The number of amides is 1. The average molecular weight is 379 g/mol. The third-order valence-corrected chi connectivity index (χ3v) is 3.24. The highest BCUT2D eigenvalue weighted by Gasteiger charge is 2.37. The van der Waals surface area contributed by atoms with Crippen molar-refractivity contribution in [2.45, 2.75) is 18.9 Å². The fourth-order valence-electron chi connectivity index (χ4n) is 2.02. The van der Waals surface area contributed by atoms with Crippen LogP contribution in [0, 0.1) is 0 Å². The quantitative estimate of drug-likeness (QED) is 0.831. The maximum atomic E-state index is 12.8. The summed E-state index contributed by atoms with van der Waals surface area (Å²) in [6.07, 6.45) is -8.78. The molecule has 0 saturated carbocycles. The summed E-state index contributed by atoms with van der Waals surface area (Å²) in [7, 11) is 0. The van der Waals surface area contributed by atoms with Crippen LogP contribution in [0.2, 0.25) is 0 Å². The van der Waals surface area contributed by atoms with E-state index in [9.17, 15) is 35.9 Å². The molecule has 0 aliphatic heterocycles. The number of carbonyl (C=O) groups excluding carboxylic acids is 1. The maximum absolute atomic E-state index is 12.8. The summed E-state index contributed by atoms with van der Waals surface area (Å²) in [5.74, 6) is -1.13. The van der Waals surface area contributed by atoms with Gasteiger partial charge < -0.3 is 5.32 Å². The Morgan fingerprint density at radius 1 is 1.04 bits per heavy atom. The van der Waals surface area contributed by atoms with Crippen LogP contribution in [0.15, 0.2) is 41.3 Å². The predicted molar refractivity (Wildman–Crippen MR) is 77.3 cm³/mol. The van der Waals surface area contributed by atoms with Gasteiger partial charge in [0, 0.05) is 24.4 Å². The van der Waals surface area contributed by atoms with Crippen molar-refractivity contribution in [2.75, 3.05) is 6.54 Å². The highest BCUT2D eigenvalue weighted by Crippen LogP contribution is 2.36. The molecule has 2 aromatic rings. The summed E-state index contributed by atoms with van der Waals surface area (Å²) >= 11 is 0. The largest absolute Gasteiger partial charge is 0.416 e. The zero-order valence-corrected chi connectivity index (χ0v) is 12.9. The number of rotatable bonds is 4. The van der Waals surface area contributed by atoms with Gasteiger partial charge in [0.2, 0.25) is 0 Å².